The minimum absolute atomic E-state index is 0.0962. The Bertz CT molecular complexity index is 369. The Morgan fingerprint density at radius 1 is 1.31 bits per heavy atom. The first-order chi connectivity index (χ1) is 7.58. The van der Waals surface area contributed by atoms with E-state index in [2.05, 4.69) is 32.0 Å². The molecule has 0 amide bonds. The second-order valence-electron chi connectivity index (χ2n) is 4.24. The highest BCUT2D eigenvalue weighted by Gasteiger charge is 2.13. The molecule has 2 nitrogen and oxygen atoms in total. The molecule has 2 heteroatoms. The second-order valence-corrected chi connectivity index (χ2v) is 4.24. The molecule has 0 aromatic heterocycles. The smallest absolute Gasteiger partial charge is 0.303 e. The maximum atomic E-state index is 10.7. The highest BCUT2D eigenvalue weighted by Crippen LogP contribution is 2.25. The molecule has 88 valence electrons. The molecule has 0 aliphatic heterocycles. The van der Waals surface area contributed by atoms with Crippen LogP contribution in [-0.4, -0.2) is 11.1 Å². The quantitative estimate of drug-likeness (QED) is 0.825. The summed E-state index contributed by atoms with van der Waals surface area (Å²) in [5.41, 5.74) is 3.75. The van der Waals surface area contributed by atoms with Gasteiger partial charge in [-0.25, -0.2) is 0 Å². The van der Waals surface area contributed by atoms with E-state index in [1.54, 1.807) is 0 Å². The van der Waals surface area contributed by atoms with Crippen molar-refractivity contribution in [3.8, 4) is 0 Å². The second kappa shape index (κ2) is 5.69. The van der Waals surface area contributed by atoms with Crippen LogP contribution < -0.4 is 0 Å². The highest BCUT2D eigenvalue weighted by atomic mass is 16.4. The zero-order chi connectivity index (χ0) is 12.1. The van der Waals surface area contributed by atoms with Crippen LogP contribution in [0.2, 0.25) is 0 Å². The fourth-order valence-electron chi connectivity index (χ4n) is 2.02. The Kier molecular flexibility index (Phi) is 4.53. The van der Waals surface area contributed by atoms with Gasteiger partial charge in [0.1, 0.15) is 0 Å². The Labute approximate surface area is 97.3 Å². The van der Waals surface area contributed by atoms with Crippen LogP contribution in [0.1, 0.15) is 49.8 Å². The Hall–Kier alpha value is -1.31. The van der Waals surface area contributed by atoms with Gasteiger partial charge in [0, 0.05) is 0 Å². The van der Waals surface area contributed by atoms with Gasteiger partial charge in [0.25, 0.3) is 0 Å². The average Bonchev–Trinajstić information content (AvgIpc) is 2.27. The van der Waals surface area contributed by atoms with Gasteiger partial charge < -0.3 is 5.11 Å². The predicted molar refractivity (Wildman–Crippen MR) is 65.9 cm³/mol. The summed E-state index contributed by atoms with van der Waals surface area (Å²) in [5, 5.41) is 8.84. The Morgan fingerprint density at radius 2 is 2.00 bits per heavy atom. The number of rotatable bonds is 5. The summed E-state index contributed by atoms with van der Waals surface area (Å²) in [5.74, 6) is -0.629. The zero-order valence-electron chi connectivity index (χ0n) is 10.3. The lowest BCUT2D eigenvalue weighted by atomic mass is 9.90. The first-order valence-electron chi connectivity index (χ1n) is 5.91. The molecule has 0 radical (unpaired) electrons. The van der Waals surface area contributed by atoms with E-state index in [1.807, 2.05) is 6.92 Å². The molecule has 0 saturated carbocycles. The van der Waals surface area contributed by atoms with Crippen molar-refractivity contribution in [3.05, 3.63) is 34.9 Å². The molecule has 1 rings (SSSR count). The van der Waals surface area contributed by atoms with Gasteiger partial charge in [0.15, 0.2) is 0 Å². The molecule has 1 aromatic carbocycles. The summed E-state index contributed by atoms with van der Waals surface area (Å²) in [4.78, 5) is 10.7. The molecule has 16 heavy (non-hydrogen) atoms. The summed E-state index contributed by atoms with van der Waals surface area (Å²) >= 11 is 0. The molecule has 0 spiro atoms. The van der Waals surface area contributed by atoms with E-state index in [4.69, 9.17) is 5.11 Å². The normalized spacial score (nSPS) is 12.4. The third-order valence-corrected chi connectivity index (χ3v) is 3.01. The standard InChI is InChI=1S/C14H20O2/c1-4-11-6-7-12(5-2)13(9-11)10(3)8-14(15)16/h6-7,9-10H,4-5,8H2,1-3H3,(H,15,16). The molecule has 0 heterocycles. The molecular weight excluding hydrogens is 200 g/mol. The van der Waals surface area contributed by atoms with Gasteiger partial charge in [-0.1, -0.05) is 39.0 Å². The van der Waals surface area contributed by atoms with E-state index in [1.165, 1.54) is 16.7 Å². The van der Waals surface area contributed by atoms with Crippen molar-refractivity contribution in [1.29, 1.82) is 0 Å². The summed E-state index contributed by atoms with van der Waals surface area (Å²) in [6.45, 7) is 6.21. The summed E-state index contributed by atoms with van der Waals surface area (Å²) in [6.07, 6.45) is 2.17. The summed E-state index contributed by atoms with van der Waals surface area (Å²) < 4.78 is 0. The summed E-state index contributed by atoms with van der Waals surface area (Å²) in [6, 6.07) is 6.43. The topological polar surface area (TPSA) is 37.3 Å². The van der Waals surface area contributed by atoms with E-state index in [0.717, 1.165) is 12.8 Å². The van der Waals surface area contributed by atoms with Gasteiger partial charge in [-0.3, -0.25) is 4.79 Å². The number of benzene rings is 1. The minimum Gasteiger partial charge on any atom is -0.481 e. The third kappa shape index (κ3) is 3.09. The number of aryl methyl sites for hydroxylation is 2. The number of hydrogen-bond donors (Lipinski definition) is 1. The molecule has 0 bridgehead atoms. The van der Waals surface area contributed by atoms with Gasteiger partial charge in [0.2, 0.25) is 0 Å². The number of aliphatic carboxylic acids is 1. The van der Waals surface area contributed by atoms with Crippen molar-refractivity contribution in [3.63, 3.8) is 0 Å². The lowest BCUT2D eigenvalue weighted by Gasteiger charge is -2.15. The molecule has 1 aromatic rings. The largest absolute Gasteiger partial charge is 0.481 e. The fourth-order valence-corrected chi connectivity index (χ4v) is 2.02. The third-order valence-electron chi connectivity index (χ3n) is 3.01. The molecule has 0 fully saturated rings. The first kappa shape index (κ1) is 12.8. The van der Waals surface area contributed by atoms with Crippen LogP contribution in [0.15, 0.2) is 18.2 Å². The SMILES string of the molecule is CCc1ccc(CC)c(C(C)CC(=O)O)c1. The van der Waals surface area contributed by atoms with Crippen LogP contribution in [0.3, 0.4) is 0 Å². The molecule has 0 saturated heterocycles. The summed E-state index contributed by atoms with van der Waals surface area (Å²) in [7, 11) is 0. The van der Waals surface area contributed by atoms with Crippen molar-refractivity contribution in [1.82, 2.24) is 0 Å². The monoisotopic (exact) mass is 220 g/mol. The average molecular weight is 220 g/mol. The van der Waals surface area contributed by atoms with E-state index < -0.39 is 5.97 Å². The van der Waals surface area contributed by atoms with Crippen LogP contribution >= 0.6 is 0 Å². The number of carbonyl (C=O) groups is 1. The maximum absolute atomic E-state index is 10.7. The predicted octanol–water partition coefficient (Wildman–Crippen LogP) is 3.39. The van der Waals surface area contributed by atoms with E-state index in [-0.39, 0.29) is 12.3 Å². The van der Waals surface area contributed by atoms with Crippen molar-refractivity contribution in [2.24, 2.45) is 0 Å². The Balaban J connectivity index is 3.02. The first-order valence-corrected chi connectivity index (χ1v) is 5.91. The van der Waals surface area contributed by atoms with Crippen molar-refractivity contribution >= 4 is 5.97 Å². The molecule has 1 N–H and O–H groups in total. The van der Waals surface area contributed by atoms with E-state index >= 15 is 0 Å². The van der Waals surface area contributed by atoms with Crippen molar-refractivity contribution in [2.75, 3.05) is 0 Å². The van der Waals surface area contributed by atoms with Gasteiger partial charge in [0.05, 0.1) is 6.42 Å². The fraction of sp³-hybridized carbons (Fsp3) is 0.500. The van der Waals surface area contributed by atoms with Gasteiger partial charge >= 0.3 is 5.97 Å². The van der Waals surface area contributed by atoms with Gasteiger partial charge in [-0.05, 0) is 35.4 Å². The maximum Gasteiger partial charge on any atom is 0.303 e. The highest BCUT2D eigenvalue weighted by molar-refractivity contribution is 5.68. The molecule has 0 aliphatic rings. The van der Waals surface area contributed by atoms with Crippen LogP contribution in [0.5, 0.6) is 0 Å². The number of carboxylic acid groups (broad SMARTS) is 1. The van der Waals surface area contributed by atoms with Crippen LogP contribution in [-0.2, 0) is 17.6 Å². The molecular formula is C14H20O2. The Morgan fingerprint density at radius 3 is 2.50 bits per heavy atom. The molecule has 1 unspecified atom stereocenters. The van der Waals surface area contributed by atoms with Crippen LogP contribution in [0.25, 0.3) is 0 Å². The minimum atomic E-state index is -0.726. The van der Waals surface area contributed by atoms with Gasteiger partial charge in [-0.2, -0.15) is 0 Å². The lowest BCUT2D eigenvalue weighted by molar-refractivity contribution is -0.137. The lowest BCUT2D eigenvalue weighted by Crippen LogP contribution is -2.06. The zero-order valence-corrected chi connectivity index (χ0v) is 10.3. The molecule has 0 aliphatic carbocycles. The van der Waals surface area contributed by atoms with Gasteiger partial charge in [-0.15, -0.1) is 0 Å². The van der Waals surface area contributed by atoms with E-state index in [0.29, 0.717) is 0 Å². The van der Waals surface area contributed by atoms with Crippen molar-refractivity contribution < 1.29 is 9.90 Å². The number of hydrogen-bond acceptors (Lipinski definition) is 1. The van der Waals surface area contributed by atoms with E-state index in [9.17, 15) is 4.79 Å². The number of carboxylic acids is 1. The van der Waals surface area contributed by atoms with Crippen molar-refractivity contribution in [2.45, 2.75) is 46.0 Å². The van der Waals surface area contributed by atoms with Crippen LogP contribution in [0.4, 0.5) is 0 Å². The molecule has 1 atom stereocenters. The van der Waals surface area contributed by atoms with Crippen LogP contribution in [0, 0.1) is 0 Å².